The average Bonchev–Trinajstić information content (AvgIpc) is 2.77. The number of hydrogen-bond acceptors (Lipinski definition) is 2. The molecule has 2 rings (SSSR count). The maximum Gasteiger partial charge on any atom is 0.263 e. The number of nitrogens with zero attached hydrogens (tertiary/aromatic N) is 2. The Kier molecular flexibility index (Phi) is 2.40. The van der Waals surface area contributed by atoms with Gasteiger partial charge in [0.05, 0.1) is 11.9 Å². The number of aromatic nitrogens is 1. The van der Waals surface area contributed by atoms with E-state index >= 15 is 0 Å². The van der Waals surface area contributed by atoms with Crippen LogP contribution in [0.4, 0.5) is 14.5 Å². The van der Waals surface area contributed by atoms with Crippen LogP contribution in [0, 0.1) is 11.8 Å². The van der Waals surface area contributed by atoms with Gasteiger partial charge in [-0.05, 0) is 12.1 Å². The second-order valence-electron chi connectivity index (χ2n) is 4.05. The molecule has 1 aliphatic carbocycles. The topological polar surface area (TPSA) is 33.2 Å². The molecule has 2 unspecified atom stereocenters. The summed E-state index contributed by atoms with van der Waals surface area (Å²) >= 11 is 0. The summed E-state index contributed by atoms with van der Waals surface area (Å²) in [6.45, 7) is 1.39. The molecule has 1 fully saturated rings. The van der Waals surface area contributed by atoms with Crippen molar-refractivity contribution in [2.75, 3.05) is 11.9 Å². The molecule has 5 heteroatoms. The maximum atomic E-state index is 13.1. The van der Waals surface area contributed by atoms with Crippen LogP contribution in [0.3, 0.4) is 0 Å². The molecular formula is C11H12F2N2O. The zero-order valence-corrected chi connectivity index (χ0v) is 9.02. The van der Waals surface area contributed by atoms with E-state index in [2.05, 4.69) is 4.98 Å². The lowest BCUT2D eigenvalue weighted by atomic mass is 10.3. The number of hydrogen-bond donors (Lipinski definition) is 0. The van der Waals surface area contributed by atoms with Crippen LogP contribution in [-0.2, 0) is 4.79 Å². The highest BCUT2D eigenvalue weighted by Gasteiger charge is 2.69. The van der Waals surface area contributed by atoms with Gasteiger partial charge >= 0.3 is 0 Å². The maximum absolute atomic E-state index is 13.1. The lowest BCUT2D eigenvalue weighted by Gasteiger charge is -2.16. The van der Waals surface area contributed by atoms with E-state index in [9.17, 15) is 13.6 Å². The Labute approximate surface area is 92.1 Å². The van der Waals surface area contributed by atoms with Crippen LogP contribution in [0.5, 0.6) is 0 Å². The van der Waals surface area contributed by atoms with E-state index in [0.29, 0.717) is 5.69 Å². The highest BCUT2D eigenvalue weighted by Crippen LogP contribution is 2.55. The number of halogens is 2. The van der Waals surface area contributed by atoms with Gasteiger partial charge in [-0.2, -0.15) is 0 Å². The molecule has 16 heavy (non-hydrogen) atoms. The zero-order valence-electron chi connectivity index (χ0n) is 9.02. The number of carbonyl (C=O) groups excluding carboxylic acids is 1. The monoisotopic (exact) mass is 226 g/mol. The average molecular weight is 226 g/mol. The van der Waals surface area contributed by atoms with Crippen LogP contribution in [0.25, 0.3) is 0 Å². The first-order chi connectivity index (χ1) is 7.46. The van der Waals surface area contributed by atoms with E-state index in [1.807, 2.05) is 0 Å². The van der Waals surface area contributed by atoms with E-state index in [-0.39, 0.29) is 0 Å². The first-order valence-corrected chi connectivity index (χ1v) is 5.01. The van der Waals surface area contributed by atoms with E-state index in [0.717, 1.165) is 0 Å². The van der Waals surface area contributed by atoms with Gasteiger partial charge in [0.1, 0.15) is 5.92 Å². The number of pyridine rings is 1. The first kappa shape index (κ1) is 11.0. The van der Waals surface area contributed by atoms with Crippen LogP contribution in [0.15, 0.2) is 24.5 Å². The normalized spacial score (nSPS) is 26.2. The van der Waals surface area contributed by atoms with Gasteiger partial charge in [0, 0.05) is 19.2 Å². The van der Waals surface area contributed by atoms with Gasteiger partial charge in [0.25, 0.3) is 5.92 Å². The Bertz CT molecular complexity index is 408. The number of carbonyl (C=O) groups is 1. The van der Waals surface area contributed by atoms with Gasteiger partial charge in [-0.3, -0.25) is 9.78 Å². The second kappa shape index (κ2) is 3.50. The van der Waals surface area contributed by atoms with Gasteiger partial charge in [-0.1, -0.05) is 6.92 Å². The molecule has 0 N–H and O–H groups in total. The van der Waals surface area contributed by atoms with Crippen molar-refractivity contribution in [3.63, 3.8) is 0 Å². The van der Waals surface area contributed by atoms with Gasteiger partial charge in [0.2, 0.25) is 5.91 Å². The predicted molar refractivity (Wildman–Crippen MR) is 55.2 cm³/mol. The summed E-state index contributed by atoms with van der Waals surface area (Å²) in [6.07, 6.45) is 3.04. The molecule has 2 atom stereocenters. The van der Waals surface area contributed by atoms with Crippen LogP contribution in [-0.4, -0.2) is 23.9 Å². The van der Waals surface area contributed by atoms with Crippen molar-refractivity contribution in [1.82, 2.24) is 4.98 Å². The minimum Gasteiger partial charge on any atom is -0.314 e. The minimum atomic E-state index is -2.85. The van der Waals surface area contributed by atoms with E-state index < -0.39 is 23.7 Å². The van der Waals surface area contributed by atoms with Gasteiger partial charge in [0.15, 0.2) is 0 Å². The van der Waals surface area contributed by atoms with Crippen molar-refractivity contribution >= 4 is 11.6 Å². The van der Waals surface area contributed by atoms with E-state index in [1.54, 1.807) is 18.3 Å². The third-order valence-corrected chi connectivity index (χ3v) is 3.04. The molecular weight excluding hydrogens is 214 g/mol. The van der Waals surface area contributed by atoms with Crippen LogP contribution in [0.2, 0.25) is 0 Å². The van der Waals surface area contributed by atoms with E-state index in [1.165, 1.54) is 25.1 Å². The Hall–Kier alpha value is -1.52. The Morgan fingerprint density at radius 2 is 2.19 bits per heavy atom. The standard InChI is InChI=1S/C11H12F2N2O/c1-7-9(11(7,12)13)10(16)15(2)8-4-3-5-14-6-8/h3-7,9H,1-2H3. The van der Waals surface area contributed by atoms with Crippen LogP contribution in [0.1, 0.15) is 6.92 Å². The Balaban J connectivity index is 2.13. The van der Waals surface area contributed by atoms with Crippen molar-refractivity contribution in [1.29, 1.82) is 0 Å². The molecule has 0 spiro atoms. The minimum absolute atomic E-state index is 0.530. The summed E-state index contributed by atoms with van der Waals surface area (Å²) in [7, 11) is 1.49. The third kappa shape index (κ3) is 1.56. The molecule has 1 saturated carbocycles. The molecule has 1 aliphatic rings. The van der Waals surface area contributed by atoms with Gasteiger partial charge in [-0.25, -0.2) is 8.78 Å². The number of alkyl halides is 2. The summed E-state index contributed by atoms with van der Waals surface area (Å²) < 4.78 is 26.1. The van der Waals surface area contributed by atoms with E-state index in [4.69, 9.17) is 0 Å². The number of rotatable bonds is 2. The number of anilines is 1. The van der Waals surface area contributed by atoms with Crippen molar-refractivity contribution in [3.8, 4) is 0 Å². The Morgan fingerprint density at radius 1 is 1.56 bits per heavy atom. The zero-order chi connectivity index (χ0) is 11.9. The molecule has 1 heterocycles. The third-order valence-electron chi connectivity index (χ3n) is 3.04. The van der Waals surface area contributed by atoms with Crippen molar-refractivity contribution < 1.29 is 13.6 Å². The quantitative estimate of drug-likeness (QED) is 0.772. The summed E-state index contributed by atoms with van der Waals surface area (Å²) in [6, 6.07) is 3.32. The highest BCUT2D eigenvalue weighted by molar-refractivity contribution is 5.97. The molecule has 1 amide bonds. The number of amides is 1. The molecule has 0 aromatic carbocycles. The summed E-state index contributed by atoms with van der Waals surface area (Å²) in [5.74, 6) is -5.45. The molecule has 0 aliphatic heterocycles. The van der Waals surface area contributed by atoms with Gasteiger partial charge in [-0.15, -0.1) is 0 Å². The second-order valence-corrected chi connectivity index (χ2v) is 4.05. The molecule has 1 aromatic rings. The molecule has 3 nitrogen and oxygen atoms in total. The highest BCUT2D eigenvalue weighted by atomic mass is 19.3. The molecule has 0 saturated heterocycles. The van der Waals surface area contributed by atoms with Crippen LogP contribution >= 0.6 is 0 Å². The SMILES string of the molecule is CC1C(C(=O)N(C)c2cccnc2)C1(F)F. The summed E-state index contributed by atoms with van der Waals surface area (Å²) in [5.41, 5.74) is 0.530. The first-order valence-electron chi connectivity index (χ1n) is 5.01. The van der Waals surface area contributed by atoms with Crippen molar-refractivity contribution in [2.24, 2.45) is 11.8 Å². The van der Waals surface area contributed by atoms with Crippen molar-refractivity contribution in [3.05, 3.63) is 24.5 Å². The molecule has 0 bridgehead atoms. The summed E-state index contributed by atoms with van der Waals surface area (Å²) in [5, 5.41) is 0. The van der Waals surface area contributed by atoms with Crippen molar-refractivity contribution in [2.45, 2.75) is 12.8 Å². The fourth-order valence-electron chi connectivity index (χ4n) is 1.75. The molecule has 0 radical (unpaired) electrons. The van der Waals surface area contributed by atoms with Crippen LogP contribution < -0.4 is 4.90 Å². The molecule has 86 valence electrons. The lowest BCUT2D eigenvalue weighted by Crippen LogP contribution is -2.29. The smallest absolute Gasteiger partial charge is 0.263 e. The largest absolute Gasteiger partial charge is 0.314 e. The molecule has 1 aromatic heterocycles. The van der Waals surface area contributed by atoms with Gasteiger partial charge < -0.3 is 4.90 Å². The fraction of sp³-hybridized carbons (Fsp3) is 0.455. The Morgan fingerprint density at radius 3 is 2.62 bits per heavy atom. The summed E-state index contributed by atoms with van der Waals surface area (Å²) in [4.78, 5) is 16.8. The lowest BCUT2D eigenvalue weighted by molar-refractivity contribution is -0.121. The fourth-order valence-corrected chi connectivity index (χ4v) is 1.75. The predicted octanol–water partition coefficient (Wildman–Crippen LogP) is 1.95.